The lowest BCUT2D eigenvalue weighted by molar-refractivity contribution is -0.194. The van der Waals surface area contributed by atoms with Gasteiger partial charge in [0.15, 0.2) is 0 Å². The van der Waals surface area contributed by atoms with E-state index in [-0.39, 0.29) is 39.1 Å². The van der Waals surface area contributed by atoms with E-state index >= 15 is 0 Å². The van der Waals surface area contributed by atoms with Crippen LogP contribution in [0.2, 0.25) is 0 Å². The van der Waals surface area contributed by atoms with E-state index in [1.165, 1.54) is 0 Å². The number of nitrogens with zero attached hydrogens (tertiary/aromatic N) is 1. The molecular formula is C26H29N3O8. The van der Waals surface area contributed by atoms with Gasteiger partial charge in [-0.3, -0.25) is 9.59 Å². The number of hydroxylamine groups is 2. The molecule has 3 rings (SSSR count). The Balaban J connectivity index is 1.44. The predicted molar refractivity (Wildman–Crippen MR) is 129 cm³/mol. The molecule has 2 aromatic carbocycles. The van der Waals surface area contributed by atoms with Gasteiger partial charge in [0.1, 0.15) is 19.3 Å². The Bertz CT molecular complexity index is 1080. The Kier molecular flexibility index (Phi) is 10.4. The van der Waals surface area contributed by atoms with Gasteiger partial charge in [0.05, 0.1) is 6.54 Å². The first-order valence-electron chi connectivity index (χ1n) is 11.9. The lowest BCUT2D eigenvalue weighted by Gasteiger charge is -2.20. The molecule has 3 amide bonds. The van der Waals surface area contributed by atoms with Crippen molar-refractivity contribution in [2.75, 3.05) is 13.1 Å². The Morgan fingerprint density at radius 2 is 1.43 bits per heavy atom. The van der Waals surface area contributed by atoms with Crippen molar-refractivity contribution < 1.29 is 38.3 Å². The zero-order valence-corrected chi connectivity index (χ0v) is 20.2. The number of nitrogens with one attached hydrogen (secondary N) is 2. The highest BCUT2D eigenvalue weighted by Gasteiger charge is 2.34. The van der Waals surface area contributed by atoms with Gasteiger partial charge in [-0.25, -0.2) is 14.4 Å². The third-order valence-electron chi connectivity index (χ3n) is 5.40. The molecule has 0 bridgehead atoms. The molecule has 1 fully saturated rings. The van der Waals surface area contributed by atoms with E-state index in [0.29, 0.717) is 17.9 Å². The molecule has 11 nitrogen and oxygen atoms in total. The quantitative estimate of drug-likeness (QED) is 0.327. The van der Waals surface area contributed by atoms with Crippen LogP contribution in [0.5, 0.6) is 0 Å². The largest absolute Gasteiger partial charge is 0.445 e. The summed E-state index contributed by atoms with van der Waals surface area (Å²) in [5.41, 5.74) is 1.63. The van der Waals surface area contributed by atoms with Crippen molar-refractivity contribution >= 4 is 29.8 Å². The molecule has 1 aliphatic rings. The van der Waals surface area contributed by atoms with E-state index in [0.717, 1.165) is 11.1 Å². The summed E-state index contributed by atoms with van der Waals surface area (Å²) >= 11 is 0. The molecule has 0 unspecified atom stereocenters. The predicted octanol–water partition coefficient (Wildman–Crippen LogP) is 2.64. The number of carbonyl (C=O) groups excluding carboxylic acids is 5. The number of alkyl carbamates (subject to hydrolysis) is 2. The highest BCUT2D eigenvalue weighted by Crippen LogP contribution is 2.11. The van der Waals surface area contributed by atoms with Gasteiger partial charge < -0.3 is 24.9 Å². The van der Waals surface area contributed by atoms with Gasteiger partial charge in [-0.05, 0) is 30.4 Å². The van der Waals surface area contributed by atoms with Crippen LogP contribution in [0.15, 0.2) is 60.7 Å². The molecule has 0 spiro atoms. The maximum absolute atomic E-state index is 12.7. The fourth-order valence-corrected chi connectivity index (χ4v) is 3.40. The summed E-state index contributed by atoms with van der Waals surface area (Å²) in [6.45, 7) is 0.395. The highest BCUT2D eigenvalue weighted by molar-refractivity contribution is 6.37. The van der Waals surface area contributed by atoms with E-state index in [1.807, 2.05) is 36.4 Å². The number of ether oxygens (including phenoxy) is 2. The van der Waals surface area contributed by atoms with Crippen LogP contribution < -0.4 is 10.6 Å². The van der Waals surface area contributed by atoms with Crippen molar-refractivity contribution in [3.8, 4) is 0 Å². The van der Waals surface area contributed by atoms with Crippen LogP contribution in [0.3, 0.4) is 0 Å². The number of amides is 3. The molecule has 2 N–H and O–H groups in total. The fraction of sp³-hybridized carbons (Fsp3) is 0.346. The molecule has 0 aliphatic carbocycles. The molecular weight excluding hydrogens is 482 g/mol. The van der Waals surface area contributed by atoms with Gasteiger partial charge in [-0.1, -0.05) is 60.7 Å². The van der Waals surface area contributed by atoms with E-state index in [1.54, 1.807) is 24.3 Å². The summed E-state index contributed by atoms with van der Waals surface area (Å²) in [5.74, 6) is -2.45. The number of benzene rings is 2. The Morgan fingerprint density at radius 3 is 2.00 bits per heavy atom. The highest BCUT2D eigenvalue weighted by atomic mass is 16.7. The summed E-state index contributed by atoms with van der Waals surface area (Å²) in [6.07, 6.45) is -0.404. The minimum Gasteiger partial charge on any atom is -0.445 e. The van der Waals surface area contributed by atoms with Gasteiger partial charge in [-0.2, -0.15) is 5.06 Å². The van der Waals surface area contributed by atoms with Crippen molar-refractivity contribution in [1.82, 2.24) is 15.7 Å². The van der Waals surface area contributed by atoms with Gasteiger partial charge >= 0.3 is 24.1 Å². The van der Waals surface area contributed by atoms with Crippen molar-refractivity contribution in [2.45, 2.75) is 44.9 Å². The third kappa shape index (κ3) is 9.28. The van der Waals surface area contributed by atoms with Crippen molar-refractivity contribution in [2.24, 2.45) is 0 Å². The average Bonchev–Trinajstić information content (AvgIpc) is 3.23. The van der Waals surface area contributed by atoms with E-state index in [9.17, 15) is 24.0 Å². The number of Topliss-reactive ketones (excluding diaryl/α,β-unsaturated/α-hetero) is 1. The van der Waals surface area contributed by atoms with E-state index in [4.69, 9.17) is 14.3 Å². The summed E-state index contributed by atoms with van der Waals surface area (Å²) in [7, 11) is 0. The van der Waals surface area contributed by atoms with Crippen LogP contribution in [-0.2, 0) is 41.9 Å². The molecule has 1 saturated heterocycles. The lowest BCUT2D eigenvalue weighted by atomic mass is 10.1. The maximum atomic E-state index is 12.7. The monoisotopic (exact) mass is 511 g/mol. The second kappa shape index (κ2) is 14.2. The van der Waals surface area contributed by atoms with Crippen LogP contribution in [0.1, 0.15) is 36.8 Å². The van der Waals surface area contributed by atoms with Crippen molar-refractivity contribution in [3.05, 3.63) is 71.8 Å². The van der Waals surface area contributed by atoms with Crippen LogP contribution in [0.4, 0.5) is 9.59 Å². The number of hydrogen-bond donors (Lipinski definition) is 2. The number of rotatable bonds is 12. The molecule has 11 heteroatoms. The minimum absolute atomic E-state index is 0.00255. The molecule has 1 atom stereocenters. The molecule has 0 aromatic heterocycles. The first-order valence-corrected chi connectivity index (χ1v) is 11.9. The van der Waals surface area contributed by atoms with Crippen molar-refractivity contribution in [3.63, 3.8) is 0 Å². The minimum atomic E-state index is -1.13. The Morgan fingerprint density at radius 1 is 0.838 bits per heavy atom. The topological polar surface area (TPSA) is 140 Å². The van der Waals surface area contributed by atoms with Crippen LogP contribution in [-0.4, -0.2) is 54.0 Å². The lowest BCUT2D eigenvalue weighted by Crippen LogP contribution is -2.45. The fourth-order valence-electron chi connectivity index (χ4n) is 3.40. The number of carbonyl (C=O) groups is 5. The normalized spacial score (nSPS) is 13.6. The standard InChI is InChI=1S/C26H29N3O8/c30-22-14-16-29(23(22)31)37-24(32)21(28-26(34)36-18-20-11-5-2-6-12-20)13-7-8-15-27-25(33)35-17-19-9-3-1-4-10-19/h1-6,9-12,21H,7-8,13-18H2,(H,27,33)(H,28,34)/t21-/m0/s1. The number of unbranched alkanes of at least 4 members (excludes halogenated alkanes) is 1. The zero-order valence-electron chi connectivity index (χ0n) is 20.2. The van der Waals surface area contributed by atoms with Crippen molar-refractivity contribution in [1.29, 1.82) is 0 Å². The molecule has 37 heavy (non-hydrogen) atoms. The average molecular weight is 512 g/mol. The third-order valence-corrected chi connectivity index (χ3v) is 5.40. The maximum Gasteiger partial charge on any atom is 0.408 e. The van der Waals surface area contributed by atoms with E-state index in [2.05, 4.69) is 10.6 Å². The SMILES string of the molecule is O=C(NCCCC[C@H](NC(=O)OCc1ccccc1)C(=O)ON1CCC(=O)C1=O)OCc1ccccc1. The second-order valence-electron chi connectivity index (χ2n) is 8.23. The Labute approximate surface area is 214 Å². The molecule has 0 saturated carbocycles. The summed E-state index contributed by atoms with van der Waals surface area (Å²) in [6, 6.07) is 17.1. The smallest absolute Gasteiger partial charge is 0.408 e. The number of hydrogen-bond acceptors (Lipinski definition) is 8. The van der Waals surface area contributed by atoms with Crippen LogP contribution >= 0.6 is 0 Å². The van der Waals surface area contributed by atoms with Gasteiger partial charge in [0, 0.05) is 13.0 Å². The van der Waals surface area contributed by atoms with Crippen LogP contribution in [0.25, 0.3) is 0 Å². The first kappa shape index (κ1) is 27.2. The number of ketones is 1. The summed E-state index contributed by atoms with van der Waals surface area (Å²) in [5, 5.41) is 5.77. The van der Waals surface area contributed by atoms with E-state index < -0.39 is 35.9 Å². The molecule has 196 valence electrons. The first-order chi connectivity index (χ1) is 17.9. The van der Waals surface area contributed by atoms with Crippen LogP contribution in [0, 0.1) is 0 Å². The molecule has 2 aromatic rings. The zero-order chi connectivity index (χ0) is 26.5. The van der Waals surface area contributed by atoms with Gasteiger partial charge in [-0.15, -0.1) is 0 Å². The van der Waals surface area contributed by atoms with Gasteiger partial charge in [0.25, 0.3) is 0 Å². The summed E-state index contributed by atoms with van der Waals surface area (Å²) < 4.78 is 10.3. The van der Waals surface area contributed by atoms with Gasteiger partial charge in [0.2, 0.25) is 5.78 Å². The Hall–Kier alpha value is -4.41. The summed E-state index contributed by atoms with van der Waals surface area (Å²) in [4.78, 5) is 65.1. The second-order valence-corrected chi connectivity index (χ2v) is 8.23. The molecule has 1 aliphatic heterocycles. The molecule has 1 heterocycles. The molecule has 0 radical (unpaired) electrons.